The van der Waals surface area contributed by atoms with Gasteiger partial charge in [0.15, 0.2) is 11.6 Å². The maximum atomic E-state index is 6.42. The summed E-state index contributed by atoms with van der Waals surface area (Å²) in [6.07, 6.45) is 0. The van der Waals surface area contributed by atoms with Crippen LogP contribution in [0.15, 0.2) is 203 Å². The minimum absolute atomic E-state index is 0.514. The van der Waals surface area contributed by atoms with E-state index in [1.165, 1.54) is 36.3 Å². The normalized spacial score (nSPS) is 12.2. The smallest absolute Gasteiger partial charge is 0.238 e. The Kier molecular flexibility index (Phi) is 7.28. The fourth-order valence-electron chi connectivity index (χ4n) is 10.4. The SMILES string of the molecule is c1ccc2cc3c(cc2c1)c1cccc(-c2ccc4sc5ccc6ccccc6c5c4c2)c1n3-c1nc(-c2ccc3c(c2)oc2ccccc23)nc(-c2ccc3c(c2)oc2ccccc23)n1. The van der Waals surface area contributed by atoms with Crippen LogP contribution in [0.2, 0.25) is 0 Å². The molecule has 15 aromatic rings. The number of para-hydroxylation sites is 3. The van der Waals surface area contributed by atoms with Crippen LogP contribution in [0.1, 0.15) is 0 Å². The van der Waals surface area contributed by atoms with Gasteiger partial charge in [-0.25, -0.2) is 4.98 Å². The first-order chi connectivity index (χ1) is 32.7. The summed E-state index contributed by atoms with van der Waals surface area (Å²) < 4.78 is 17.6. The van der Waals surface area contributed by atoms with E-state index in [1.807, 2.05) is 47.7 Å². The average Bonchev–Trinajstić information content (AvgIpc) is 4.13. The molecular formula is C59H32N4O2S. The molecule has 0 atom stereocenters. The Labute approximate surface area is 379 Å². The van der Waals surface area contributed by atoms with Gasteiger partial charge in [0.1, 0.15) is 22.3 Å². The summed E-state index contributed by atoms with van der Waals surface area (Å²) in [7, 11) is 0. The lowest BCUT2D eigenvalue weighted by Crippen LogP contribution is -2.07. The largest absolute Gasteiger partial charge is 0.456 e. The molecule has 0 amide bonds. The number of benzene rings is 10. The number of nitrogens with zero attached hydrogens (tertiary/aromatic N) is 4. The lowest BCUT2D eigenvalue weighted by Gasteiger charge is -2.13. The second-order valence-corrected chi connectivity index (χ2v) is 18.2. The van der Waals surface area contributed by atoms with Crippen LogP contribution in [0.4, 0.5) is 0 Å². The van der Waals surface area contributed by atoms with Gasteiger partial charge in [0.25, 0.3) is 0 Å². The molecule has 10 aromatic carbocycles. The van der Waals surface area contributed by atoms with Gasteiger partial charge in [-0.3, -0.25) is 4.57 Å². The topological polar surface area (TPSA) is 69.9 Å². The van der Waals surface area contributed by atoms with E-state index in [1.54, 1.807) is 0 Å². The van der Waals surface area contributed by atoms with Crippen molar-refractivity contribution >= 4 is 119 Å². The van der Waals surface area contributed by atoms with Crippen LogP contribution in [0.3, 0.4) is 0 Å². The highest BCUT2D eigenvalue weighted by Gasteiger charge is 2.23. The maximum Gasteiger partial charge on any atom is 0.238 e. The van der Waals surface area contributed by atoms with E-state index in [0.717, 1.165) is 93.3 Å². The summed E-state index contributed by atoms with van der Waals surface area (Å²) in [5, 5.41) is 13.8. The summed E-state index contributed by atoms with van der Waals surface area (Å²) in [6, 6.07) is 68.7. The molecule has 15 rings (SSSR count). The zero-order valence-electron chi connectivity index (χ0n) is 35.0. The Morgan fingerprint density at radius 1 is 0.364 bits per heavy atom. The lowest BCUT2D eigenvalue weighted by atomic mass is 9.98. The monoisotopic (exact) mass is 860 g/mol. The van der Waals surface area contributed by atoms with Gasteiger partial charge in [-0.05, 0) is 93.8 Å². The summed E-state index contributed by atoms with van der Waals surface area (Å²) >= 11 is 1.85. The third kappa shape index (κ3) is 5.20. The first kappa shape index (κ1) is 35.8. The van der Waals surface area contributed by atoms with E-state index in [4.69, 9.17) is 23.8 Å². The molecule has 0 spiro atoms. The Morgan fingerprint density at radius 3 is 1.65 bits per heavy atom. The Hall–Kier alpha value is -8.65. The number of hydrogen-bond acceptors (Lipinski definition) is 6. The van der Waals surface area contributed by atoms with Crippen LogP contribution in [-0.2, 0) is 0 Å². The van der Waals surface area contributed by atoms with Gasteiger partial charge >= 0.3 is 0 Å². The van der Waals surface area contributed by atoms with Crippen LogP contribution in [-0.4, -0.2) is 19.5 Å². The molecule has 0 N–H and O–H groups in total. The predicted molar refractivity (Wildman–Crippen MR) is 273 cm³/mol. The maximum absolute atomic E-state index is 6.42. The molecule has 5 heterocycles. The molecule has 66 heavy (non-hydrogen) atoms. The molecule has 5 aromatic heterocycles. The van der Waals surface area contributed by atoms with Crippen LogP contribution in [0.25, 0.3) is 147 Å². The van der Waals surface area contributed by atoms with Gasteiger partial charge in [0.05, 0.1) is 11.0 Å². The van der Waals surface area contributed by atoms with Gasteiger partial charge in [0, 0.05) is 69.2 Å². The zero-order valence-corrected chi connectivity index (χ0v) is 35.8. The van der Waals surface area contributed by atoms with Gasteiger partial charge in [-0.2, -0.15) is 9.97 Å². The highest BCUT2D eigenvalue weighted by atomic mass is 32.1. The summed E-state index contributed by atoms with van der Waals surface area (Å²) in [6.45, 7) is 0. The second-order valence-electron chi connectivity index (χ2n) is 17.1. The number of thiophene rings is 1. The number of aromatic nitrogens is 4. The zero-order chi connectivity index (χ0) is 43.0. The van der Waals surface area contributed by atoms with Crippen LogP contribution in [0, 0.1) is 0 Å². The second kappa shape index (κ2) is 13.4. The van der Waals surface area contributed by atoms with Crippen LogP contribution < -0.4 is 0 Å². The molecule has 7 heteroatoms. The van der Waals surface area contributed by atoms with Crippen molar-refractivity contribution < 1.29 is 8.83 Å². The van der Waals surface area contributed by atoms with Gasteiger partial charge in [0.2, 0.25) is 5.95 Å². The standard InChI is InChI=1S/C59H32N4O2S/c1-2-12-35-30-48-46(28-34(35)11-1)45-17-9-16-40(36-23-26-53-47(29-36)55-39-13-4-3-10-33(39)22-27-54(55)66-53)56(45)63(48)59-61-57(37-20-24-43-41-14-5-7-18-49(41)64-51(43)31-37)60-58(62-59)38-21-25-44-42-15-6-8-19-50(42)65-52(44)32-38/h1-32H. The van der Waals surface area contributed by atoms with E-state index in [0.29, 0.717) is 17.6 Å². The molecule has 0 saturated heterocycles. The molecule has 6 nitrogen and oxygen atoms in total. The van der Waals surface area contributed by atoms with Gasteiger partial charge in [-0.15, -0.1) is 11.3 Å². The predicted octanol–water partition coefficient (Wildman–Crippen LogP) is 16.4. The third-order valence-corrected chi connectivity index (χ3v) is 14.6. The fourth-order valence-corrected chi connectivity index (χ4v) is 11.5. The van der Waals surface area contributed by atoms with E-state index >= 15 is 0 Å². The summed E-state index contributed by atoms with van der Waals surface area (Å²) in [5.74, 6) is 1.59. The molecule has 0 aliphatic rings. The number of fused-ring (bicyclic) bond motifs is 15. The van der Waals surface area contributed by atoms with Crippen molar-refractivity contribution in [2.45, 2.75) is 0 Å². The minimum Gasteiger partial charge on any atom is -0.456 e. The van der Waals surface area contributed by atoms with Crippen LogP contribution >= 0.6 is 11.3 Å². The first-order valence-electron chi connectivity index (χ1n) is 22.1. The van der Waals surface area contributed by atoms with Crippen molar-refractivity contribution in [1.82, 2.24) is 19.5 Å². The minimum atomic E-state index is 0.514. The summed E-state index contributed by atoms with van der Waals surface area (Å²) in [4.78, 5) is 16.1. The fraction of sp³-hybridized carbons (Fsp3) is 0. The lowest BCUT2D eigenvalue weighted by molar-refractivity contribution is 0.668. The van der Waals surface area contributed by atoms with E-state index in [9.17, 15) is 0 Å². The molecule has 0 fully saturated rings. The van der Waals surface area contributed by atoms with Gasteiger partial charge in [-0.1, -0.05) is 127 Å². The van der Waals surface area contributed by atoms with E-state index in [-0.39, 0.29) is 0 Å². The molecule has 0 aliphatic carbocycles. The third-order valence-electron chi connectivity index (χ3n) is 13.4. The molecular weight excluding hydrogens is 829 g/mol. The highest BCUT2D eigenvalue weighted by Crippen LogP contribution is 2.44. The number of rotatable bonds is 4. The van der Waals surface area contributed by atoms with E-state index in [2.05, 4.69) is 162 Å². The van der Waals surface area contributed by atoms with Crippen LogP contribution in [0.5, 0.6) is 0 Å². The van der Waals surface area contributed by atoms with Crippen molar-refractivity contribution in [3.63, 3.8) is 0 Å². The molecule has 0 bridgehead atoms. The Bertz CT molecular complexity index is 4420. The molecule has 0 radical (unpaired) electrons. The Morgan fingerprint density at radius 2 is 0.939 bits per heavy atom. The van der Waals surface area contributed by atoms with Crippen molar-refractivity contribution in [2.24, 2.45) is 0 Å². The number of furan rings is 2. The quantitative estimate of drug-likeness (QED) is 0.176. The summed E-state index contributed by atoms with van der Waals surface area (Å²) in [5.41, 5.74) is 9.11. The average molecular weight is 861 g/mol. The van der Waals surface area contributed by atoms with Crippen molar-refractivity contribution in [3.05, 3.63) is 194 Å². The Balaban J connectivity index is 1.03. The van der Waals surface area contributed by atoms with Crippen molar-refractivity contribution in [3.8, 4) is 39.9 Å². The first-order valence-corrected chi connectivity index (χ1v) is 22.9. The molecule has 0 aliphatic heterocycles. The van der Waals surface area contributed by atoms with Crippen molar-refractivity contribution in [1.29, 1.82) is 0 Å². The number of hydrogen-bond donors (Lipinski definition) is 0. The molecule has 306 valence electrons. The van der Waals surface area contributed by atoms with Crippen molar-refractivity contribution in [2.75, 3.05) is 0 Å². The molecule has 0 unspecified atom stereocenters. The van der Waals surface area contributed by atoms with E-state index < -0.39 is 0 Å². The van der Waals surface area contributed by atoms with Gasteiger partial charge < -0.3 is 8.83 Å². The highest BCUT2D eigenvalue weighted by molar-refractivity contribution is 7.26. The molecule has 0 saturated carbocycles.